The van der Waals surface area contributed by atoms with Gasteiger partial charge in [0.2, 0.25) is 11.8 Å². The number of rotatable bonds is 4. The standard InChI is InChI=1S/C8H15N3O2S/c1-2-9-7(12)3-10-8(13)6-4-14-5-11-6/h6,11H,2-5H2,1H3,(H,9,12)(H,10,13). The highest BCUT2D eigenvalue weighted by atomic mass is 32.2. The molecule has 1 unspecified atom stereocenters. The third kappa shape index (κ3) is 3.55. The van der Waals surface area contributed by atoms with E-state index in [0.717, 1.165) is 11.6 Å². The van der Waals surface area contributed by atoms with Gasteiger partial charge in [0.25, 0.3) is 0 Å². The van der Waals surface area contributed by atoms with Crippen molar-refractivity contribution in [1.82, 2.24) is 16.0 Å². The lowest BCUT2D eigenvalue weighted by molar-refractivity contribution is -0.126. The van der Waals surface area contributed by atoms with Crippen molar-refractivity contribution in [2.24, 2.45) is 0 Å². The van der Waals surface area contributed by atoms with Gasteiger partial charge in [-0.15, -0.1) is 11.8 Å². The molecule has 2 amide bonds. The number of nitrogens with one attached hydrogen (secondary N) is 3. The van der Waals surface area contributed by atoms with Crippen molar-refractivity contribution in [3.63, 3.8) is 0 Å². The molecule has 1 aliphatic rings. The van der Waals surface area contributed by atoms with Crippen LogP contribution in [-0.4, -0.2) is 42.6 Å². The second-order valence-electron chi connectivity index (χ2n) is 2.94. The fourth-order valence-corrected chi connectivity index (χ4v) is 2.06. The van der Waals surface area contributed by atoms with Crippen LogP contribution in [0.3, 0.4) is 0 Å². The Kier molecular flexibility index (Phi) is 4.75. The van der Waals surface area contributed by atoms with Crippen LogP contribution in [0.15, 0.2) is 0 Å². The summed E-state index contributed by atoms with van der Waals surface area (Å²) in [6.45, 7) is 2.50. The molecule has 14 heavy (non-hydrogen) atoms. The Balaban J connectivity index is 2.17. The highest BCUT2D eigenvalue weighted by Gasteiger charge is 2.22. The second-order valence-corrected chi connectivity index (χ2v) is 3.97. The van der Waals surface area contributed by atoms with Gasteiger partial charge in [-0.1, -0.05) is 0 Å². The van der Waals surface area contributed by atoms with Crippen molar-refractivity contribution in [1.29, 1.82) is 0 Å². The summed E-state index contributed by atoms with van der Waals surface area (Å²) in [4.78, 5) is 22.4. The van der Waals surface area contributed by atoms with Gasteiger partial charge in [0, 0.05) is 18.2 Å². The number of amides is 2. The van der Waals surface area contributed by atoms with Crippen LogP contribution >= 0.6 is 11.8 Å². The topological polar surface area (TPSA) is 70.2 Å². The van der Waals surface area contributed by atoms with E-state index in [1.165, 1.54) is 0 Å². The van der Waals surface area contributed by atoms with Crippen molar-refractivity contribution < 1.29 is 9.59 Å². The van der Waals surface area contributed by atoms with Gasteiger partial charge in [-0.2, -0.15) is 0 Å². The van der Waals surface area contributed by atoms with E-state index < -0.39 is 0 Å². The molecule has 0 aromatic carbocycles. The molecule has 0 aliphatic carbocycles. The molecular weight excluding hydrogens is 202 g/mol. The van der Waals surface area contributed by atoms with E-state index in [1.54, 1.807) is 11.8 Å². The fourth-order valence-electron chi connectivity index (χ4n) is 1.11. The van der Waals surface area contributed by atoms with Crippen LogP contribution in [0.1, 0.15) is 6.92 Å². The zero-order chi connectivity index (χ0) is 10.4. The molecule has 5 nitrogen and oxygen atoms in total. The Labute approximate surface area is 87.4 Å². The Bertz CT molecular complexity index is 217. The van der Waals surface area contributed by atoms with E-state index in [2.05, 4.69) is 16.0 Å². The van der Waals surface area contributed by atoms with Crippen LogP contribution in [0.4, 0.5) is 0 Å². The van der Waals surface area contributed by atoms with Gasteiger partial charge in [-0.25, -0.2) is 0 Å². The summed E-state index contributed by atoms with van der Waals surface area (Å²) in [5.74, 6) is 1.34. The molecule has 3 N–H and O–H groups in total. The van der Waals surface area contributed by atoms with Crippen LogP contribution in [0.25, 0.3) is 0 Å². The van der Waals surface area contributed by atoms with E-state index in [-0.39, 0.29) is 24.4 Å². The molecule has 0 bridgehead atoms. The summed E-state index contributed by atoms with van der Waals surface area (Å²) in [5.41, 5.74) is 0. The number of hydrogen-bond donors (Lipinski definition) is 3. The normalized spacial score (nSPS) is 20.5. The molecule has 0 aromatic rings. The average Bonchev–Trinajstić information content (AvgIpc) is 2.67. The van der Waals surface area contributed by atoms with Crippen LogP contribution in [0.2, 0.25) is 0 Å². The molecule has 0 aromatic heterocycles. The van der Waals surface area contributed by atoms with E-state index in [4.69, 9.17) is 0 Å². The zero-order valence-electron chi connectivity index (χ0n) is 8.13. The molecule has 80 valence electrons. The van der Waals surface area contributed by atoms with Crippen molar-refractivity contribution in [2.75, 3.05) is 24.7 Å². The predicted molar refractivity (Wildman–Crippen MR) is 55.9 cm³/mol. The summed E-state index contributed by atoms with van der Waals surface area (Å²) in [6.07, 6.45) is 0. The Morgan fingerprint density at radius 2 is 2.29 bits per heavy atom. The summed E-state index contributed by atoms with van der Waals surface area (Å²) >= 11 is 1.68. The Morgan fingerprint density at radius 1 is 1.50 bits per heavy atom. The van der Waals surface area contributed by atoms with Crippen molar-refractivity contribution in [2.45, 2.75) is 13.0 Å². The number of hydrogen-bond acceptors (Lipinski definition) is 4. The molecule has 1 atom stereocenters. The largest absolute Gasteiger partial charge is 0.355 e. The summed E-state index contributed by atoms with van der Waals surface area (Å²) < 4.78 is 0. The van der Waals surface area contributed by atoms with Crippen LogP contribution < -0.4 is 16.0 Å². The highest BCUT2D eigenvalue weighted by molar-refractivity contribution is 7.99. The lowest BCUT2D eigenvalue weighted by Crippen LogP contribution is -2.45. The average molecular weight is 217 g/mol. The lowest BCUT2D eigenvalue weighted by atomic mass is 10.3. The first-order valence-electron chi connectivity index (χ1n) is 4.59. The van der Waals surface area contributed by atoms with Crippen LogP contribution in [-0.2, 0) is 9.59 Å². The fraction of sp³-hybridized carbons (Fsp3) is 0.750. The van der Waals surface area contributed by atoms with Gasteiger partial charge in [0.1, 0.15) is 0 Å². The molecule has 1 rings (SSSR count). The van der Waals surface area contributed by atoms with Crippen molar-refractivity contribution in [3.8, 4) is 0 Å². The van der Waals surface area contributed by atoms with Crippen molar-refractivity contribution >= 4 is 23.6 Å². The summed E-state index contributed by atoms with van der Waals surface area (Å²) in [7, 11) is 0. The van der Waals surface area contributed by atoms with E-state index in [9.17, 15) is 9.59 Å². The van der Waals surface area contributed by atoms with E-state index in [1.807, 2.05) is 6.92 Å². The Hall–Kier alpha value is -0.750. The predicted octanol–water partition coefficient (Wildman–Crippen LogP) is -1.10. The number of carbonyl (C=O) groups excluding carboxylic acids is 2. The molecule has 6 heteroatoms. The van der Waals surface area contributed by atoms with Gasteiger partial charge >= 0.3 is 0 Å². The highest BCUT2D eigenvalue weighted by Crippen LogP contribution is 2.08. The third-order valence-corrected chi connectivity index (χ3v) is 2.77. The smallest absolute Gasteiger partial charge is 0.239 e. The molecular formula is C8H15N3O2S. The maximum Gasteiger partial charge on any atom is 0.239 e. The van der Waals surface area contributed by atoms with Crippen LogP contribution in [0, 0.1) is 0 Å². The molecule has 0 saturated carbocycles. The van der Waals surface area contributed by atoms with Crippen LogP contribution in [0.5, 0.6) is 0 Å². The third-order valence-electron chi connectivity index (χ3n) is 1.83. The molecule has 1 saturated heterocycles. The molecule has 1 fully saturated rings. The van der Waals surface area contributed by atoms with Crippen molar-refractivity contribution in [3.05, 3.63) is 0 Å². The molecule has 1 aliphatic heterocycles. The first kappa shape index (κ1) is 11.3. The van der Waals surface area contributed by atoms with Gasteiger partial charge in [0.05, 0.1) is 12.6 Å². The van der Waals surface area contributed by atoms with E-state index >= 15 is 0 Å². The maximum atomic E-state index is 11.4. The quantitative estimate of drug-likeness (QED) is 0.559. The first-order chi connectivity index (χ1) is 6.74. The SMILES string of the molecule is CCNC(=O)CNC(=O)C1CSCN1. The minimum Gasteiger partial charge on any atom is -0.355 e. The minimum atomic E-state index is -0.147. The summed E-state index contributed by atoms with van der Waals surface area (Å²) in [5, 5.41) is 8.23. The maximum absolute atomic E-state index is 11.4. The number of thioether (sulfide) groups is 1. The zero-order valence-corrected chi connectivity index (χ0v) is 8.95. The lowest BCUT2D eigenvalue weighted by Gasteiger charge is -2.09. The molecule has 0 radical (unpaired) electrons. The molecule has 0 spiro atoms. The number of carbonyl (C=O) groups is 2. The minimum absolute atomic E-state index is 0.0650. The van der Waals surface area contributed by atoms with Gasteiger partial charge in [-0.3, -0.25) is 14.9 Å². The monoisotopic (exact) mass is 217 g/mol. The van der Waals surface area contributed by atoms with Gasteiger partial charge in [0.15, 0.2) is 0 Å². The summed E-state index contributed by atoms with van der Waals surface area (Å²) in [6, 6.07) is -0.144. The first-order valence-corrected chi connectivity index (χ1v) is 5.75. The Morgan fingerprint density at radius 3 is 2.86 bits per heavy atom. The van der Waals surface area contributed by atoms with E-state index in [0.29, 0.717) is 6.54 Å². The molecule has 1 heterocycles. The van der Waals surface area contributed by atoms with Gasteiger partial charge < -0.3 is 10.6 Å². The van der Waals surface area contributed by atoms with Gasteiger partial charge in [-0.05, 0) is 6.92 Å². The number of likely N-dealkylation sites (N-methyl/N-ethyl adjacent to an activating group) is 1. The second kappa shape index (κ2) is 5.87.